The summed E-state index contributed by atoms with van der Waals surface area (Å²) in [6, 6.07) is 2.00. The molecule has 2 aliphatic rings. The van der Waals surface area contributed by atoms with Gasteiger partial charge in [-0.15, -0.1) is 0 Å². The van der Waals surface area contributed by atoms with E-state index in [1.807, 2.05) is 0 Å². The van der Waals surface area contributed by atoms with Crippen LogP contribution in [0.1, 0.15) is 52.4 Å². The van der Waals surface area contributed by atoms with Crippen molar-refractivity contribution in [1.82, 2.24) is 9.80 Å². The molecule has 0 amide bonds. The predicted molar refractivity (Wildman–Crippen MR) is 75.8 cm³/mol. The van der Waals surface area contributed by atoms with Gasteiger partial charge in [-0.05, 0) is 33.1 Å². The van der Waals surface area contributed by atoms with Crippen LogP contribution in [0.25, 0.3) is 0 Å². The van der Waals surface area contributed by atoms with E-state index in [1.54, 1.807) is 0 Å². The van der Waals surface area contributed by atoms with Gasteiger partial charge in [-0.3, -0.25) is 9.80 Å². The maximum Gasteiger partial charge on any atom is 0.0446 e. The van der Waals surface area contributed by atoms with Gasteiger partial charge in [0.2, 0.25) is 0 Å². The van der Waals surface area contributed by atoms with Crippen molar-refractivity contribution >= 4 is 0 Å². The molecule has 1 aliphatic heterocycles. The normalized spacial score (nSPS) is 29.0. The van der Waals surface area contributed by atoms with Gasteiger partial charge in [-0.1, -0.05) is 19.3 Å². The van der Waals surface area contributed by atoms with Crippen LogP contribution in [0.5, 0.6) is 0 Å². The van der Waals surface area contributed by atoms with Crippen molar-refractivity contribution < 1.29 is 5.11 Å². The van der Waals surface area contributed by atoms with Crippen molar-refractivity contribution in [3.8, 4) is 0 Å². The number of hydrogen-bond donors (Lipinski definition) is 1. The lowest BCUT2D eigenvalue weighted by atomic mass is 9.92. The topological polar surface area (TPSA) is 26.7 Å². The SMILES string of the molecule is CC(C)N1CCN(C2CCCCC2)C[C@H]1CCO. The van der Waals surface area contributed by atoms with E-state index in [0.29, 0.717) is 18.7 Å². The molecule has 1 atom stereocenters. The molecule has 0 aromatic carbocycles. The second-order valence-electron chi connectivity index (χ2n) is 6.28. The molecule has 0 bridgehead atoms. The highest BCUT2D eigenvalue weighted by Gasteiger charge is 2.31. The van der Waals surface area contributed by atoms with Gasteiger partial charge in [0.05, 0.1) is 0 Å². The third-order valence-electron chi connectivity index (χ3n) is 4.78. The number of aliphatic hydroxyl groups excluding tert-OH is 1. The van der Waals surface area contributed by atoms with E-state index in [0.717, 1.165) is 12.5 Å². The third kappa shape index (κ3) is 3.46. The van der Waals surface area contributed by atoms with Crippen molar-refractivity contribution in [2.45, 2.75) is 70.5 Å². The Morgan fingerprint density at radius 3 is 2.44 bits per heavy atom. The molecule has 0 aromatic heterocycles. The first-order valence-corrected chi connectivity index (χ1v) is 7.83. The molecule has 2 fully saturated rings. The number of piperazine rings is 1. The lowest BCUT2D eigenvalue weighted by molar-refractivity contribution is 0.0106. The van der Waals surface area contributed by atoms with E-state index in [4.69, 9.17) is 0 Å². The Morgan fingerprint density at radius 2 is 1.83 bits per heavy atom. The Bertz CT molecular complexity index is 239. The van der Waals surface area contributed by atoms with Crippen LogP contribution in [0, 0.1) is 0 Å². The van der Waals surface area contributed by atoms with Crippen molar-refractivity contribution in [1.29, 1.82) is 0 Å². The van der Waals surface area contributed by atoms with E-state index in [2.05, 4.69) is 23.6 Å². The van der Waals surface area contributed by atoms with Gasteiger partial charge in [0.15, 0.2) is 0 Å². The van der Waals surface area contributed by atoms with Crippen LogP contribution in [0.2, 0.25) is 0 Å². The zero-order valence-electron chi connectivity index (χ0n) is 12.1. The van der Waals surface area contributed by atoms with Crippen LogP contribution in [-0.4, -0.2) is 59.3 Å². The number of hydrogen-bond acceptors (Lipinski definition) is 3. The molecule has 0 spiro atoms. The van der Waals surface area contributed by atoms with Gasteiger partial charge in [-0.25, -0.2) is 0 Å². The van der Waals surface area contributed by atoms with Gasteiger partial charge in [-0.2, -0.15) is 0 Å². The van der Waals surface area contributed by atoms with E-state index >= 15 is 0 Å². The van der Waals surface area contributed by atoms with Crippen molar-refractivity contribution in [3.05, 3.63) is 0 Å². The van der Waals surface area contributed by atoms with Gasteiger partial charge < -0.3 is 5.11 Å². The fourth-order valence-electron chi connectivity index (χ4n) is 3.76. The molecule has 18 heavy (non-hydrogen) atoms. The van der Waals surface area contributed by atoms with Gasteiger partial charge in [0, 0.05) is 44.4 Å². The molecule has 1 heterocycles. The molecule has 1 N–H and O–H groups in total. The lowest BCUT2D eigenvalue weighted by Gasteiger charge is -2.47. The fourth-order valence-corrected chi connectivity index (χ4v) is 3.76. The van der Waals surface area contributed by atoms with Crippen LogP contribution in [-0.2, 0) is 0 Å². The second kappa shape index (κ2) is 6.88. The molecule has 1 saturated carbocycles. The summed E-state index contributed by atoms with van der Waals surface area (Å²) in [4.78, 5) is 5.29. The highest BCUT2D eigenvalue weighted by Crippen LogP contribution is 2.26. The molecule has 106 valence electrons. The molecule has 1 saturated heterocycles. The maximum absolute atomic E-state index is 9.27. The van der Waals surface area contributed by atoms with Gasteiger partial charge in [0.25, 0.3) is 0 Å². The monoisotopic (exact) mass is 254 g/mol. The summed E-state index contributed by atoms with van der Waals surface area (Å²) in [5.41, 5.74) is 0. The Kier molecular flexibility index (Phi) is 5.46. The van der Waals surface area contributed by atoms with E-state index in [9.17, 15) is 5.11 Å². The minimum Gasteiger partial charge on any atom is -0.396 e. The van der Waals surface area contributed by atoms with Crippen molar-refractivity contribution in [2.75, 3.05) is 26.2 Å². The van der Waals surface area contributed by atoms with E-state index in [-0.39, 0.29) is 0 Å². The minimum atomic E-state index is 0.326. The van der Waals surface area contributed by atoms with Crippen LogP contribution in [0.15, 0.2) is 0 Å². The molecule has 1 aliphatic carbocycles. The third-order valence-corrected chi connectivity index (χ3v) is 4.78. The average molecular weight is 254 g/mol. The Hall–Kier alpha value is -0.120. The summed E-state index contributed by atoms with van der Waals surface area (Å²) >= 11 is 0. The molecule has 0 aromatic rings. The summed E-state index contributed by atoms with van der Waals surface area (Å²) in [7, 11) is 0. The van der Waals surface area contributed by atoms with E-state index < -0.39 is 0 Å². The Labute approximate surface area is 112 Å². The number of rotatable bonds is 4. The van der Waals surface area contributed by atoms with Crippen LogP contribution < -0.4 is 0 Å². The zero-order valence-corrected chi connectivity index (χ0v) is 12.1. The smallest absolute Gasteiger partial charge is 0.0446 e. The molecule has 3 heteroatoms. The summed E-state index contributed by atoms with van der Waals surface area (Å²) < 4.78 is 0. The van der Waals surface area contributed by atoms with E-state index in [1.165, 1.54) is 51.7 Å². The summed E-state index contributed by atoms with van der Waals surface area (Å²) in [5.74, 6) is 0. The van der Waals surface area contributed by atoms with Crippen LogP contribution in [0.3, 0.4) is 0 Å². The maximum atomic E-state index is 9.27. The largest absolute Gasteiger partial charge is 0.396 e. The first-order valence-electron chi connectivity index (χ1n) is 7.83. The lowest BCUT2D eigenvalue weighted by Crippen LogP contribution is -2.58. The summed E-state index contributed by atoms with van der Waals surface area (Å²) in [6.45, 7) is 8.46. The minimum absolute atomic E-state index is 0.326. The second-order valence-corrected chi connectivity index (χ2v) is 6.28. The Morgan fingerprint density at radius 1 is 1.11 bits per heavy atom. The van der Waals surface area contributed by atoms with Crippen molar-refractivity contribution in [2.24, 2.45) is 0 Å². The molecule has 3 nitrogen and oxygen atoms in total. The zero-order chi connectivity index (χ0) is 13.0. The van der Waals surface area contributed by atoms with Crippen molar-refractivity contribution in [3.63, 3.8) is 0 Å². The molecule has 0 unspecified atom stereocenters. The molecule has 0 radical (unpaired) electrons. The van der Waals surface area contributed by atoms with Crippen LogP contribution in [0.4, 0.5) is 0 Å². The average Bonchev–Trinajstić information content (AvgIpc) is 2.40. The first kappa shape index (κ1) is 14.3. The standard InChI is InChI=1S/C15H30N2O/c1-13(2)17-10-9-16(12-15(17)8-11-18)14-6-4-3-5-7-14/h13-15,18H,3-12H2,1-2H3/t15-/m1/s1. The summed E-state index contributed by atoms with van der Waals surface area (Å²) in [6.07, 6.45) is 7.99. The highest BCUT2D eigenvalue weighted by molar-refractivity contribution is 4.88. The molecular formula is C15H30N2O. The van der Waals surface area contributed by atoms with Gasteiger partial charge >= 0.3 is 0 Å². The fraction of sp³-hybridized carbons (Fsp3) is 1.00. The quantitative estimate of drug-likeness (QED) is 0.832. The molecular weight excluding hydrogens is 224 g/mol. The number of nitrogens with zero attached hydrogens (tertiary/aromatic N) is 2. The Balaban J connectivity index is 1.92. The predicted octanol–water partition coefficient (Wildman–Crippen LogP) is 2.10. The number of aliphatic hydroxyl groups is 1. The van der Waals surface area contributed by atoms with Crippen LogP contribution >= 0.6 is 0 Å². The first-order chi connectivity index (χ1) is 8.72. The summed E-state index contributed by atoms with van der Waals surface area (Å²) in [5, 5.41) is 9.27. The van der Waals surface area contributed by atoms with Gasteiger partial charge in [0.1, 0.15) is 0 Å². The highest BCUT2D eigenvalue weighted by atomic mass is 16.3. The molecule has 2 rings (SSSR count).